The van der Waals surface area contributed by atoms with Gasteiger partial charge in [-0.1, -0.05) is 24.3 Å². The van der Waals surface area contributed by atoms with Gasteiger partial charge in [0, 0.05) is 37.0 Å². The topological polar surface area (TPSA) is 60.2 Å². The van der Waals surface area contributed by atoms with Crippen LogP contribution in [0.2, 0.25) is 0 Å². The number of nitrogens with one attached hydrogen (secondary N) is 1. The van der Waals surface area contributed by atoms with E-state index >= 15 is 0 Å². The van der Waals surface area contributed by atoms with Crippen molar-refractivity contribution in [3.05, 3.63) is 42.2 Å². The van der Waals surface area contributed by atoms with Crippen molar-refractivity contribution in [2.75, 3.05) is 13.2 Å². The molecule has 19 heavy (non-hydrogen) atoms. The Labute approximate surface area is 112 Å². The zero-order valence-electron chi connectivity index (χ0n) is 10.9. The Hall–Kier alpha value is -1.49. The Morgan fingerprint density at radius 2 is 2.26 bits per heavy atom. The normalized spacial score (nSPS) is 20.8. The molecule has 2 heterocycles. The zero-order chi connectivity index (χ0) is 13.1. The van der Waals surface area contributed by atoms with Crippen LogP contribution in [0.3, 0.4) is 0 Å². The van der Waals surface area contributed by atoms with E-state index in [-0.39, 0.29) is 6.04 Å². The van der Waals surface area contributed by atoms with Crippen LogP contribution in [0.5, 0.6) is 0 Å². The largest absolute Gasteiger partial charge is 0.381 e. The third kappa shape index (κ3) is 2.61. The lowest BCUT2D eigenvalue weighted by Gasteiger charge is -2.20. The maximum atomic E-state index is 5.76. The molecule has 1 aliphatic heterocycles. The zero-order valence-corrected chi connectivity index (χ0v) is 10.9. The molecule has 4 nitrogen and oxygen atoms in total. The second kappa shape index (κ2) is 5.65. The highest BCUT2D eigenvalue weighted by Gasteiger charge is 2.22. The Kier molecular flexibility index (Phi) is 3.73. The van der Waals surface area contributed by atoms with Crippen LogP contribution in [-0.4, -0.2) is 18.2 Å². The van der Waals surface area contributed by atoms with Gasteiger partial charge in [0.2, 0.25) is 0 Å². The summed E-state index contributed by atoms with van der Waals surface area (Å²) in [5, 5.41) is 2.38. The molecule has 1 aliphatic rings. The quantitative estimate of drug-likeness (QED) is 0.651. The van der Waals surface area contributed by atoms with Crippen molar-refractivity contribution < 1.29 is 4.74 Å². The molecule has 0 bridgehead atoms. The van der Waals surface area contributed by atoms with Crippen molar-refractivity contribution in [3.63, 3.8) is 0 Å². The lowest BCUT2D eigenvalue weighted by molar-refractivity contribution is 0.181. The van der Waals surface area contributed by atoms with Gasteiger partial charge in [0.1, 0.15) is 0 Å². The molecule has 0 spiro atoms. The summed E-state index contributed by atoms with van der Waals surface area (Å²) in [6.07, 6.45) is 5.93. The minimum absolute atomic E-state index is 0.130. The van der Waals surface area contributed by atoms with Crippen LogP contribution in [0.25, 0.3) is 10.8 Å². The first-order valence-corrected chi connectivity index (χ1v) is 6.75. The molecule has 3 N–H and O–H groups in total. The van der Waals surface area contributed by atoms with Crippen LogP contribution in [0, 0.1) is 5.92 Å². The maximum Gasteiger partial charge on any atom is 0.0495 e. The van der Waals surface area contributed by atoms with E-state index in [0.29, 0.717) is 5.92 Å². The Balaban J connectivity index is 1.91. The number of benzene rings is 1. The Morgan fingerprint density at radius 1 is 1.37 bits per heavy atom. The number of hydrazine groups is 1. The predicted molar refractivity (Wildman–Crippen MR) is 75.4 cm³/mol. The molecule has 1 aromatic carbocycles. The highest BCUT2D eigenvalue weighted by molar-refractivity contribution is 5.85. The van der Waals surface area contributed by atoms with E-state index in [9.17, 15) is 0 Å². The van der Waals surface area contributed by atoms with Crippen LogP contribution in [0.1, 0.15) is 24.4 Å². The molecule has 0 amide bonds. The fraction of sp³-hybridized carbons (Fsp3) is 0.400. The predicted octanol–water partition coefficient (Wildman–Crippen LogP) is 2.17. The molecule has 100 valence electrons. The van der Waals surface area contributed by atoms with Crippen molar-refractivity contribution in [2.24, 2.45) is 11.8 Å². The number of fused-ring (bicyclic) bond motifs is 1. The smallest absolute Gasteiger partial charge is 0.0495 e. The molecule has 0 radical (unpaired) electrons. The Morgan fingerprint density at radius 3 is 3.05 bits per heavy atom. The molecule has 0 aliphatic carbocycles. The molecule has 3 rings (SSSR count). The molecule has 1 fully saturated rings. The molecular formula is C15H19N3O. The summed E-state index contributed by atoms with van der Waals surface area (Å²) in [5.41, 5.74) is 4.12. The summed E-state index contributed by atoms with van der Waals surface area (Å²) in [7, 11) is 0. The van der Waals surface area contributed by atoms with Gasteiger partial charge in [-0.25, -0.2) is 0 Å². The minimum atomic E-state index is 0.130. The van der Waals surface area contributed by atoms with Gasteiger partial charge in [-0.05, 0) is 29.7 Å². The van der Waals surface area contributed by atoms with Crippen LogP contribution in [0.15, 0.2) is 36.7 Å². The summed E-state index contributed by atoms with van der Waals surface area (Å²) in [4.78, 5) is 4.33. The molecule has 4 heteroatoms. The second-order valence-electron chi connectivity index (χ2n) is 5.13. The lowest BCUT2D eigenvalue weighted by atomic mass is 9.93. The van der Waals surface area contributed by atoms with Gasteiger partial charge in [-0.3, -0.25) is 16.3 Å². The number of hydrogen-bond donors (Lipinski definition) is 2. The van der Waals surface area contributed by atoms with Gasteiger partial charge in [-0.2, -0.15) is 0 Å². The molecular weight excluding hydrogens is 238 g/mol. The first kappa shape index (κ1) is 12.5. The van der Waals surface area contributed by atoms with Crippen LogP contribution < -0.4 is 11.3 Å². The monoisotopic (exact) mass is 257 g/mol. The van der Waals surface area contributed by atoms with Crippen molar-refractivity contribution in [1.82, 2.24) is 10.4 Å². The number of pyridine rings is 1. The van der Waals surface area contributed by atoms with Gasteiger partial charge in [0.25, 0.3) is 0 Å². The minimum Gasteiger partial charge on any atom is -0.381 e. The van der Waals surface area contributed by atoms with Crippen LogP contribution in [-0.2, 0) is 4.74 Å². The summed E-state index contributed by atoms with van der Waals surface area (Å²) in [5.74, 6) is 6.34. The van der Waals surface area contributed by atoms with Gasteiger partial charge >= 0.3 is 0 Å². The highest BCUT2D eigenvalue weighted by Crippen LogP contribution is 2.29. The van der Waals surface area contributed by atoms with Gasteiger partial charge in [0.15, 0.2) is 0 Å². The second-order valence-corrected chi connectivity index (χ2v) is 5.13. The number of hydrogen-bond acceptors (Lipinski definition) is 4. The van der Waals surface area contributed by atoms with E-state index in [1.807, 2.05) is 18.5 Å². The standard InChI is InChI=1S/C15H19N3O/c16-18-15(7-11-5-6-19-10-11)14-9-17-8-12-3-1-2-4-13(12)14/h1-4,8-9,11,15,18H,5-7,10,16H2. The average Bonchev–Trinajstić information content (AvgIpc) is 2.97. The number of ether oxygens (including phenoxy) is 1. The third-order valence-electron chi connectivity index (χ3n) is 3.87. The van der Waals surface area contributed by atoms with E-state index < -0.39 is 0 Å². The molecule has 0 saturated carbocycles. The Bertz CT molecular complexity index is 547. The fourth-order valence-corrected chi connectivity index (χ4v) is 2.80. The molecule has 2 aromatic rings. The van der Waals surface area contributed by atoms with Crippen LogP contribution >= 0.6 is 0 Å². The summed E-state index contributed by atoms with van der Waals surface area (Å²) >= 11 is 0. The number of nitrogens with zero attached hydrogens (tertiary/aromatic N) is 1. The SMILES string of the molecule is NNC(CC1CCOC1)c1cncc2ccccc12. The number of rotatable bonds is 4. The van der Waals surface area contributed by atoms with E-state index in [0.717, 1.165) is 31.4 Å². The van der Waals surface area contributed by atoms with Crippen molar-refractivity contribution in [3.8, 4) is 0 Å². The third-order valence-corrected chi connectivity index (χ3v) is 3.87. The number of nitrogens with two attached hydrogens (primary N) is 1. The maximum absolute atomic E-state index is 5.76. The fourth-order valence-electron chi connectivity index (χ4n) is 2.80. The molecule has 2 atom stereocenters. The first-order chi connectivity index (χ1) is 9.38. The first-order valence-electron chi connectivity index (χ1n) is 6.75. The van der Waals surface area contributed by atoms with E-state index in [1.165, 1.54) is 10.9 Å². The molecule has 1 aromatic heterocycles. The highest BCUT2D eigenvalue weighted by atomic mass is 16.5. The van der Waals surface area contributed by atoms with Gasteiger partial charge in [0.05, 0.1) is 0 Å². The summed E-state index contributed by atoms with van der Waals surface area (Å²) in [6, 6.07) is 8.42. The van der Waals surface area contributed by atoms with Crippen molar-refractivity contribution in [2.45, 2.75) is 18.9 Å². The van der Waals surface area contributed by atoms with E-state index in [2.05, 4.69) is 28.6 Å². The van der Waals surface area contributed by atoms with Gasteiger partial charge in [-0.15, -0.1) is 0 Å². The van der Waals surface area contributed by atoms with Crippen molar-refractivity contribution >= 4 is 10.8 Å². The van der Waals surface area contributed by atoms with E-state index in [4.69, 9.17) is 10.6 Å². The summed E-state index contributed by atoms with van der Waals surface area (Å²) < 4.78 is 5.44. The van der Waals surface area contributed by atoms with Gasteiger partial charge < -0.3 is 4.74 Å². The number of aromatic nitrogens is 1. The average molecular weight is 257 g/mol. The van der Waals surface area contributed by atoms with E-state index in [1.54, 1.807) is 0 Å². The molecule has 1 saturated heterocycles. The lowest BCUT2D eigenvalue weighted by Crippen LogP contribution is -2.30. The van der Waals surface area contributed by atoms with Crippen molar-refractivity contribution in [1.29, 1.82) is 0 Å². The molecule has 2 unspecified atom stereocenters. The van der Waals surface area contributed by atoms with Crippen LogP contribution in [0.4, 0.5) is 0 Å². The summed E-state index contributed by atoms with van der Waals surface area (Å²) in [6.45, 7) is 1.71.